The molecule has 1 rings (SSSR count). The summed E-state index contributed by atoms with van der Waals surface area (Å²) in [6, 6.07) is -0.187. The van der Waals surface area contributed by atoms with Crippen LogP contribution in [0.15, 0.2) is 30.7 Å². The molecule has 5 heteroatoms. The highest BCUT2D eigenvalue weighted by molar-refractivity contribution is 7.11. The summed E-state index contributed by atoms with van der Waals surface area (Å²) in [6.07, 6.45) is 1.41. The Hall–Kier alpha value is -1.33. The molecule has 1 aromatic rings. The van der Waals surface area contributed by atoms with E-state index in [-0.39, 0.29) is 6.04 Å². The molecule has 2 atom stereocenters. The van der Waals surface area contributed by atoms with Gasteiger partial charge in [-0.1, -0.05) is 32.6 Å². The number of nitrogens with zero attached hydrogens (tertiary/aromatic N) is 2. The first-order valence-corrected chi connectivity index (χ1v) is 7.98. The van der Waals surface area contributed by atoms with Crippen LogP contribution in [0, 0.1) is 0 Å². The summed E-state index contributed by atoms with van der Waals surface area (Å²) in [6.45, 7) is 16.6. The van der Waals surface area contributed by atoms with Crippen LogP contribution in [0.5, 0.6) is 0 Å². The summed E-state index contributed by atoms with van der Waals surface area (Å²) >= 11 is 1.73. The number of nitrogens with one attached hydrogen (secondary N) is 1. The molecule has 0 aliphatic heterocycles. The molecule has 1 aromatic heterocycles. The van der Waals surface area contributed by atoms with Crippen LogP contribution >= 0.6 is 11.3 Å². The first-order chi connectivity index (χ1) is 9.72. The zero-order valence-corrected chi connectivity index (χ0v) is 14.5. The van der Waals surface area contributed by atoms with E-state index in [4.69, 9.17) is 0 Å². The van der Waals surface area contributed by atoms with Gasteiger partial charge in [0.2, 0.25) is 0 Å². The maximum absolute atomic E-state index is 9.78. The number of rotatable bonds is 8. The van der Waals surface area contributed by atoms with Crippen LogP contribution in [0.1, 0.15) is 43.5 Å². The second-order valence-corrected chi connectivity index (χ2v) is 6.98. The van der Waals surface area contributed by atoms with Crippen LogP contribution in [-0.2, 0) is 6.54 Å². The molecule has 21 heavy (non-hydrogen) atoms. The molecule has 0 aliphatic carbocycles. The average Bonchev–Trinajstić information content (AvgIpc) is 2.83. The molecule has 2 unspecified atom stereocenters. The molecular formula is C16H27N3OS. The molecule has 0 saturated heterocycles. The number of aliphatic hydroxyl groups excluding tert-OH is 1. The highest BCUT2D eigenvalue weighted by Crippen LogP contribution is 2.22. The zero-order valence-electron chi connectivity index (χ0n) is 13.7. The van der Waals surface area contributed by atoms with Gasteiger partial charge in [-0.05, 0) is 13.8 Å². The van der Waals surface area contributed by atoms with Crippen LogP contribution in [-0.4, -0.2) is 34.2 Å². The van der Waals surface area contributed by atoms with Gasteiger partial charge in [-0.2, -0.15) is 0 Å². The van der Waals surface area contributed by atoms with Gasteiger partial charge in [0.1, 0.15) is 0 Å². The largest absolute Gasteiger partial charge is 0.391 e. The minimum absolute atomic E-state index is 0.187. The summed E-state index contributed by atoms with van der Waals surface area (Å²) in [4.78, 5) is 7.66. The predicted octanol–water partition coefficient (Wildman–Crippen LogP) is 3.08. The Kier molecular flexibility index (Phi) is 6.42. The molecule has 0 bridgehead atoms. The first-order valence-electron chi connectivity index (χ1n) is 7.17. The Labute approximate surface area is 132 Å². The van der Waals surface area contributed by atoms with Gasteiger partial charge in [0.15, 0.2) is 0 Å². The van der Waals surface area contributed by atoms with Crippen molar-refractivity contribution in [2.24, 2.45) is 0 Å². The van der Waals surface area contributed by atoms with Gasteiger partial charge in [-0.25, -0.2) is 4.98 Å². The van der Waals surface area contributed by atoms with Crippen molar-refractivity contribution in [3.05, 3.63) is 40.6 Å². The molecule has 0 aromatic carbocycles. The van der Waals surface area contributed by atoms with E-state index in [1.165, 1.54) is 4.88 Å². The van der Waals surface area contributed by atoms with E-state index >= 15 is 0 Å². The fourth-order valence-corrected chi connectivity index (χ4v) is 2.91. The molecule has 1 heterocycles. The Bertz CT molecular complexity index is 493. The van der Waals surface area contributed by atoms with Gasteiger partial charge in [-0.3, -0.25) is 0 Å². The molecule has 118 valence electrons. The number of hydrogen-bond acceptors (Lipinski definition) is 5. The van der Waals surface area contributed by atoms with Crippen molar-refractivity contribution in [3.63, 3.8) is 0 Å². The smallest absolute Gasteiger partial charge is 0.0953 e. The average molecular weight is 309 g/mol. The summed E-state index contributed by atoms with van der Waals surface area (Å²) in [5.74, 6) is 1.22. The van der Waals surface area contributed by atoms with Crippen molar-refractivity contribution in [3.8, 4) is 0 Å². The maximum atomic E-state index is 9.78. The lowest BCUT2D eigenvalue weighted by Gasteiger charge is -2.29. The Morgan fingerprint density at radius 3 is 2.48 bits per heavy atom. The molecular weight excluding hydrogens is 282 g/mol. The number of thiazole rings is 1. The van der Waals surface area contributed by atoms with Gasteiger partial charge in [0, 0.05) is 24.0 Å². The van der Waals surface area contributed by atoms with Gasteiger partial charge >= 0.3 is 0 Å². The molecule has 4 nitrogen and oxygen atoms in total. The normalized spacial score (nSPS) is 13.9. The standard InChI is InChI=1S/C16H27N3OS/c1-10(2)15(12(5)20)18-13(6)19(7)9-14-8-17-16(21-14)11(3)4/h8,11-12,15,18,20H,1,6,9H2,2-5,7H3. The van der Waals surface area contributed by atoms with Crippen molar-refractivity contribution in [1.29, 1.82) is 0 Å². The van der Waals surface area contributed by atoms with E-state index in [9.17, 15) is 5.11 Å². The van der Waals surface area contributed by atoms with E-state index in [1.807, 2.05) is 25.1 Å². The SMILES string of the molecule is C=C(C)C(NC(=C)N(C)Cc1cnc(C(C)C)s1)C(C)O. The Morgan fingerprint density at radius 1 is 1.43 bits per heavy atom. The van der Waals surface area contributed by atoms with Crippen molar-refractivity contribution in [2.75, 3.05) is 7.05 Å². The minimum Gasteiger partial charge on any atom is -0.391 e. The van der Waals surface area contributed by atoms with Gasteiger partial charge < -0.3 is 15.3 Å². The second kappa shape index (κ2) is 7.61. The predicted molar refractivity (Wildman–Crippen MR) is 90.2 cm³/mol. The van der Waals surface area contributed by atoms with Crippen molar-refractivity contribution >= 4 is 11.3 Å². The second-order valence-electron chi connectivity index (χ2n) is 5.83. The molecule has 2 N–H and O–H groups in total. The Morgan fingerprint density at radius 2 is 2.05 bits per heavy atom. The van der Waals surface area contributed by atoms with E-state index in [0.717, 1.165) is 22.9 Å². The van der Waals surface area contributed by atoms with Crippen molar-refractivity contribution in [1.82, 2.24) is 15.2 Å². The lowest BCUT2D eigenvalue weighted by molar-refractivity contribution is 0.158. The molecule has 0 saturated carbocycles. The minimum atomic E-state index is -0.511. The van der Waals surface area contributed by atoms with Crippen LogP contribution in [0.2, 0.25) is 0 Å². The number of aromatic nitrogens is 1. The summed E-state index contributed by atoms with van der Waals surface area (Å²) in [5, 5.41) is 14.2. The van der Waals surface area contributed by atoms with E-state index in [2.05, 4.69) is 37.3 Å². The molecule has 0 aliphatic rings. The Balaban J connectivity index is 2.63. The summed E-state index contributed by atoms with van der Waals surface area (Å²) in [5.41, 5.74) is 0.888. The molecule has 0 amide bonds. The summed E-state index contributed by atoms with van der Waals surface area (Å²) in [7, 11) is 1.97. The van der Waals surface area contributed by atoms with Gasteiger partial charge in [0.25, 0.3) is 0 Å². The van der Waals surface area contributed by atoms with E-state index < -0.39 is 6.10 Å². The third-order valence-electron chi connectivity index (χ3n) is 3.25. The summed E-state index contributed by atoms with van der Waals surface area (Å²) < 4.78 is 0. The zero-order chi connectivity index (χ0) is 16.2. The first kappa shape index (κ1) is 17.7. The van der Waals surface area contributed by atoms with E-state index in [0.29, 0.717) is 5.92 Å². The number of aliphatic hydroxyl groups is 1. The lowest BCUT2D eigenvalue weighted by atomic mass is 10.1. The third kappa shape index (κ3) is 5.17. The van der Waals surface area contributed by atoms with Crippen LogP contribution < -0.4 is 5.32 Å². The molecule has 0 radical (unpaired) electrons. The van der Waals surface area contributed by atoms with Crippen LogP contribution in [0.25, 0.3) is 0 Å². The fraction of sp³-hybridized carbons (Fsp3) is 0.562. The molecule has 0 fully saturated rings. The highest BCUT2D eigenvalue weighted by atomic mass is 32.1. The van der Waals surface area contributed by atoms with Crippen molar-refractivity contribution in [2.45, 2.75) is 52.3 Å². The maximum Gasteiger partial charge on any atom is 0.0953 e. The van der Waals surface area contributed by atoms with Crippen LogP contribution in [0.4, 0.5) is 0 Å². The highest BCUT2D eigenvalue weighted by Gasteiger charge is 2.17. The van der Waals surface area contributed by atoms with Gasteiger partial charge in [0.05, 0.1) is 29.5 Å². The van der Waals surface area contributed by atoms with E-state index in [1.54, 1.807) is 18.3 Å². The quantitative estimate of drug-likeness (QED) is 0.725. The fourth-order valence-electron chi connectivity index (χ4n) is 1.94. The molecule has 0 spiro atoms. The van der Waals surface area contributed by atoms with Gasteiger partial charge in [-0.15, -0.1) is 11.3 Å². The monoisotopic (exact) mass is 309 g/mol. The van der Waals surface area contributed by atoms with Crippen LogP contribution in [0.3, 0.4) is 0 Å². The number of hydrogen-bond donors (Lipinski definition) is 2. The lowest BCUT2D eigenvalue weighted by Crippen LogP contribution is -2.42. The third-order valence-corrected chi connectivity index (χ3v) is 4.54. The topological polar surface area (TPSA) is 48.4 Å². The van der Waals surface area contributed by atoms with Crippen molar-refractivity contribution < 1.29 is 5.11 Å².